The van der Waals surface area contributed by atoms with Crippen LogP contribution in [0.15, 0.2) is 30.5 Å². The van der Waals surface area contributed by atoms with Crippen molar-refractivity contribution in [2.75, 3.05) is 20.3 Å². The van der Waals surface area contributed by atoms with Crippen LogP contribution in [0.3, 0.4) is 0 Å². The molecule has 6 rings (SSSR count). The van der Waals surface area contributed by atoms with Gasteiger partial charge in [0.2, 0.25) is 0 Å². The molecule has 2 aliphatic rings. The van der Waals surface area contributed by atoms with Crippen molar-refractivity contribution in [3.63, 3.8) is 0 Å². The van der Waals surface area contributed by atoms with Crippen LogP contribution in [0.5, 0.6) is 5.75 Å². The fraction of sp³-hybridized carbons (Fsp3) is 0.423. The Morgan fingerprint density at radius 2 is 2.14 bits per heavy atom. The number of fused-ring (bicyclic) bond motifs is 4. The molecule has 1 amide bonds. The Morgan fingerprint density at radius 1 is 1.31 bits per heavy atom. The maximum atomic E-state index is 13.6. The summed E-state index contributed by atoms with van der Waals surface area (Å²) in [7, 11) is 3.51. The van der Waals surface area contributed by atoms with Crippen molar-refractivity contribution in [3.05, 3.63) is 41.6 Å². The number of likely N-dealkylation sites (tertiary alicyclic amines) is 1. The summed E-state index contributed by atoms with van der Waals surface area (Å²) < 4.78 is 23.1. The third-order valence-corrected chi connectivity index (χ3v) is 7.91. The van der Waals surface area contributed by atoms with E-state index in [9.17, 15) is 9.18 Å². The van der Waals surface area contributed by atoms with Crippen molar-refractivity contribution in [2.45, 2.75) is 38.4 Å². The minimum Gasteiger partial charge on any atom is -0.494 e. The molecule has 4 aromatic rings. The largest absolute Gasteiger partial charge is 0.494 e. The molecule has 9 heteroatoms. The van der Waals surface area contributed by atoms with Gasteiger partial charge in [-0.2, -0.15) is 0 Å². The van der Waals surface area contributed by atoms with E-state index < -0.39 is 6.67 Å². The first-order chi connectivity index (χ1) is 16.9. The van der Waals surface area contributed by atoms with E-state index in [0.717, 1.165) is 40.6 Å². The number of piperidine rings is 1. The summed E-state index contributed by atoms with van der Waals surface area (Å²) in [5, 5.41) is 0.964. The lowest BCUT2D eigenvalue weighted by molar-refractivity contribution is 0.0700. The Bertz CT molecular complexity index is 1470. The van der Waals surface area contributed by atoms with Gasteiger partial charge in [-0.3, -0.25) is 4.79 Å². The quantitative estimate of drug-likeness (QED) is 0.477. The second-order valence-electron chi connectivity index (χ2n) is 9.67. The molecule has 2 fully saturated rings. The van der Waals surface area contributed by atoms with Crippen molar-refractivity contribution >= 4 is 28.0 Å². The monoisotopic (exact) mass is 476 g/mol. The highest BCUT2D eigenvalue weighted by molar-refractivity contribution is 6.00. The molecule has 35 heavy (non-hydrogen) atoms. The smallest absolute Gasteiger partial charge is 0.254 e. The number of amides is 1. The molecule has 4 heterocycles. The predicted octanol–water partition coefficient (Wildman–Crippen LogP) is 3.44. The van der Waals surface area contributed by atoms with Crippen molar-refractivity contribution in [2.24, 2.45) is 18.7 Å². The van der Waals surface area contributed by atoms with Crippen LogP contribution in [-0.2, 0) is 13.6 Å². The highest BCUT2D eigenvalue weighted by Crippen LogP contribution is 2.39. The number of carbonyl (C=O) groups excluding carboxylic acids is 1. The third kappa shape index (κ3) is 3.10. The number of pyridine rings is 1. The molecule has 0 unspecified atom stereocenters. The number of benzene rings is 1. The molecule has 1 saturated heterocycles. The number of aromatic nitrogens is 4. The number of rotatable bonds is 5. The van der Waals surface area contributed by atoms with Crippen LogP contribution in [0.2, 0.25) is 0 Å². The Labute approximate surface area is 202 Å². The zero-order valence-electron chi connectivity index (χ0n) is 20.2. The highest BCUT2D eigenvalue weighted by atomic mass is 19.1. The Hall–Kier alpha value is -3.46. The SMILES string of the molecule is COc1cc(C(=O)N2C[C@@H]3CC[C@H]2[C@H]3N)cc2nc(-c3c(C)c4cccnc4n3CCF)n(C)c12. The number of imidazole rings is 1. The van der Waals surface area contributed by atoms with Crippen molar-refractivity contribution in [3.8, 4) is 17.3 Å². The van der Waals surface area contributed by atoms with E-state index in [2.05, 4.69) is 4.98 Å². The number of carbonyl (C=O) groups is 1. The van der Waals surface area contributed by atoms with Gasteiger partial charge in [0.1, 0.15) is 23.6 Å². The molecule has 1 aliphatic carbocycles. The molecule has 1 aromatic carbocycles. The number of nitrogens with zero attached hydrogens (tertiary/aromatic N) is 5. The van der Waals surface area contributed by atoms with Crippen molar-refractivity contribution < 1.29 is 13.9 Å². The van der Waals surface area contributed by atoms with Gasteiger partial charge in [0.05, 0.1) is 24.9 Å². The van der Waals surface area contributed by atoms with Crippen LogP contribution >= 0.6 is 0 Å². The summed E-state index contributed by atoms with van der Waals surface area (Å²) in [5.41, 5.74) is 10.8. The van der Waals surface area contributed by atoms with Crippen LogP contribution in [0.1, 0.15) is 28.8 Å². The van der Waals surface area contributed by atoms with Gasteiger partial charge in [0, 0.05) is 42.8 Å². The second kappa shape index (κ2) is 8.05. The topological polar surface area (TPSA) is 91.2 Å². The third-order valence-electron chi connectivity index (χ3n) is 7.91. The second-order valence-corrected chi connectivity index (χ2v) is 9.67. The molecule has 2 bridgehead atoms. The average molecular weight is 477 g/mol. The van der Waals surface area contributed by atoms with Gasteiger partial charge >= 0.3 is 0 Å². The summed E-state index contributed by atoms with van der Waals surface area (Å²) >= 11 is 0. The number of aryl methyl sites for hydroxylation is 3. The standard InChI is InChI=1S/C26H29FN6O2/c1-14-17-5-4-9-29-24(17)32(10-8-27)22(14)25-30-18-11-16(12-20(35-3)23(18)31(25)2)26(34)33-13-15-6-7-19(33)21(15)28/h4-5,9,11-12,15,19,21H,6-8,10,13,28H2,1-3H3/t15-,19-,21-/m0/s1. The molecule has 1 aliphatic heterocycles. The Balaban J connectivity index is 1.51. The summed E-state index contributed by atoms with van der Waals surface area (Å²) in [6.45, 7) is 2.37. The van der Waals surface area contributed by atoms with Gasteiger partial charge in [0.25, 0.3) is 5.91 Å². The van der Waals surface area contributed by atoms with Gasteiger partial charge in [0.15, 0.2) is 5.82 Å². The van der Waals surface area contributed by atoms with E-state index in [1.54, 1.807) is 19.4 Å². The lowest BCUT2D eigenvalue weighted by Crippen LogP contribution is -2.41. The molecular weight excluding hydrogens is 447 g/mol. The minimum atomic E-state index is -0.515. The normalized spacial score (nSPS) is 21.5. The van der Waals surface area contributed by atoms with Gasteiger partial charge in [-0.15, -0.1) is 0 Å². The first kappa shape index (κ1) is 22.0. The van der Waals surface area contributed by atoms with Crippen LogP contribution in [0.4, 0.5) is 4.39 Å². The van der Waals surface area contributed by atoms with E-state index in [0.29, 0.717) is 35.1 Å². The number of nitrogens with two attached hydrogens (primary N) is 1. The average Bonchev–Trinajstić information content (AvgIpc) is 3.58. The maximum Gasteiger partial charge on any atom is 0.254 e. The number of methoxy groups -OCH3 is 1. The van der Waals surface area contributed by atoms with Gasteiger partial charge in [-0.25, -0.2) is 14.4 Å². The van der Waals surface area contributed by atoms with Gasteiger partial charge in [-0.05, 0) is 55.5 Å². The predicted molar refractivity (Wildman–Crippen MR) is 132 cm³/mol. The molecule has 3 atom stereocenters. The molecule has 2 N–H and O–H groups in total. The molecule has 8 nitrogen and oxygen atoms in total. The van der Waals surface area contributed by atoms with Gasteiger partial charge < -0.3 is 24.5 Å². The fourth-order valence-corrected chi connectivity index (χ4v) is 6.18. The summed E-state index contributed by atoms with van der Waals surface area (Å²) in [6, 6.07) is 7.65. The summed E-state index contributed by atoms with van der Waals surface area (Å²) in [4.78, 5) is 24.9. The maximum absolute atomic E-state index is 13.6. The zero-order chi connectivity index (χ0) is 24.4. The van der Waals surface area contributed by atoms with Crippen LogP contribution in [0.25, 0.3) is 33.6 Å². The lowest BCUT2D eigenvalue weighted by Gasteiger charge is -2.27. The van der Waals surface area contributed by atoms with E-state index in [1.165, 1.54) is 0 Å². The number of hydrogen-bond donors (Lipinski definition) is 1. The van der Waals surface area contributed by atoms with Gasteiger partial charge in [-0.1, -0.05) is 0 Å². The number of alkyl halides is 1. The van der Waals surface area contributed by atoms with E-state index in [-0.39, 0.29) is 24.5 Å². The number of hydrogen-bond acceptors (Lipinski definition) is 5. The summed E-state index contributed by atoms with van der Waals surface area (Å²) in [5.74, 6) is 1.59. The highest BCUT2D eigenvalue weighted by Gasteiger charge is 2.47. The number of halogens is 1. The Kier molecular flexibility index (Phi) is 5.07. The molecular formula is C26H29FN6O2. The first-order valence-corrected chi connectivity index (χ1v) is 12.1. The van der Waals surface area contributed by atoms with Crippen LogP contribution in [0, 0.1) is 12.8 Å². The zero-order valence-corrected chi connectivity index (χ0v) is 20.2. The molecule has 182 valence electrons. The summed E-state index contributed by atoms with van der Waals surface area (Å²) in [6.07, 6.45) is 3.76. The Morgan fingerprint density at radius 3 is 2.83 bits per heavy atom. The first-order valence-electron chi connectivity index (χ1n) is 12.1. The number of ether oxygens (including phenoxy) is 1. The molecule has 3 aromatic heterocycles. The van der Waals surface area contributed by atoms with Crippen molar-refractivity contribution in [1.82, 2.24) is 24.0 Å². The van der Waals surface area contributed by atoms with Crippen molar-refractivity contribution in [1.29, 1.82) is 0 Å². The van der Waals surface area contributed by atoms with E-state index >= 15 is 0 Å². The lowest BCUT2D eigenvalue weighted by atomic mass is 10.1. The molecule has 0 radical (unpaired) electrons. The minimum absolute atomic E-state index is 0.0352. The molecule has 1 saturated carbocycles. The van der Waals surface area contributed by atoms with E-state index in [1.807, 2.05) is 46.2 Å². The van der Waals surface area contributed by atoms with E-state index in [4.69, 9.17) is 15.5 Å². The fourth-order valence-electron chi connectivity index (χ4n) is 6.18. The molecule has 0 spiro atoms. The van der Waals surface area contributed by atoms with Crippen LogP contribution < -0.4 is 10.5 Å². The van der Waals surface area contributed by atoms with Crippen LogP contribution in [-0.4, -0.2) is 62.3 Å².